The van der Waals surface area contributed by atoms with E-state index in [0.717, 1.165) is 56.7 Å². The number of carbonyl (C=O) groups is 1. The Morgan fingerprint density at radius 1 is 1.05 bits per heavy atom. The summed E-state index contributed by atoms with van der Waals surface area (Å²) in [5.74, 6) is 1.70. The Balaban J connectivity index is 1.27. The topological polar surface area (TPSA) is 32.7 Å². The summed E-state index contributed by atoms with van der Waals surface area (Å²) >= 11 is 0. The molecule has 1 aromatic rings. The fraction of sp³-hybridized carbons (Fsp3) is 0.463. The second-order valence-electron chi connectivity index (χ2n) is 13.3. The van der Waals surface area contributed by atoms with Gasteiger partial charge in [-0.1, -0.05) is 80.5 Å². The minimum Gasteiger partial charge on any atom is -0.371 e. The Morgan fingerprint density at radius 3 is 2.66 bits per heavy atom. The lowest BCUT2D eigenvalue weighted by molar-refractivity contribution is -0.115. The Bertz CT molecular complexity index is 1440. The first-order chi connectivity index (χ1) is 21.4. The van der Waals surface area contributed by atoms with Gasteiger partial charge in [0.25, 0.3) is 0 Å². The van der Waals surface area contributed by atoms with Crippen LogP contribution in [0.3, 0.4) is 0 Å². The molecule has 1 atom stereocenters. The van der Waals surface area contributed by atoms with Gasteiger partial charge in [0.15, 0.2) is 5.78 Å². The smallest absolute Gasteiger partial charge is 0.162 e. The maximum Gasteiger partial charge on any atom is 0.162 e. The molecule has 0 radical (unpaired) electrons. The van der Waals surface area contributed by atoms with E-state index in [1.807, 2.05) is 19.3 Å². The fourth-order valence-electron chi connectivity index (χ4n) is 7.21. The predicted molar refractivity (Wildman–Crippen MR) is 188 cm³/mol. The van der Waals surface area contributed by atoms with Crippen molar-refractivity contribution in [3.8, 4) is 0 Å². The second kappa shape index (κ2) is 15.5. The van der Waals surface area contributed by atoms with Crippen LogP contribution < -0.4 is 0 Å². The number of rotatable bonds is 9. The molecule has 0 aromatic heterocycles. The average Bonchev–Trinajstić information content (AvgIpc) is 3.38. The molecule has 0 saturated carbocycles. The molecule has 4 aliphatic rings. The number of allylic oxidation sites excluding steroid dienone is 10. The maximum absolute atomic E-state index is 13.0. The number of hydrogen-bond donors (Lipinski definition) is 0. The molecule has 5 rings (SSSR count). The molecule has 0 saturated heterocycles. The fourth-order valence-corrected chi connectivity index (χ4v) is 7.21. The summed E-state index contributed by atoms with van der Waals surface area (Å²) in [5, 5.41) is 0. The van der Waals surface area contributed by atoms with Gasteiger partial charge in [-0.3, -0.25) is 9.79 Å². The molecule has 0 spiro atoms. The van der Waals surface area contributed by atoms with Gasteiger partial charge in [-0.2, -0.15) is 0 Å². The van der Waals surface area contributed by atoms with Crippen molar-refractivity contribution >= 4 is 17.6 Å². The van der Waals surface area contributed by atoms with E-state index in [0.29, 0.717) is 18.1 Å². The van der Waals surface area contributed by atoms with Gasteiger partial charge in [0.2, 0.25) is 0 Å². The number of fused-ring (bicyclic) bond motifs is 1. The summed E-state index contributed by atoms with van der Waals surface area (Å²) in [5.41, 5.74) is 11.8. The minimum atomic E-state index is 0.307. The zero-order chi connectivity index (χ0) is 30.9. The van der Waals surface area contributed by atoms with E-state index in [1.165, 1.54) is 71.2 Å². The van der Waals surface area contributed by atoms with E-state index in [9.17, 15) is 4.79 Å². The SMILES string of the molecule is C/C=C(\CC)CC(=O)/C1=C\CCN(C2=CC=NC=C3CC=C(c4ccc(C5CCC=C(CC(C)C)CC5)cc4)C=C32)CCC1. The Kier molecular flexibility index (Phi) is 11.3. The van der Waals surface area contributed by atoms with Gasteiger partial charge in [0, 0.05) is 43.2 Å². The molecule has 2 heterocycles. The van der Waals surface area contributed by atoms with Crippen LogP contribution in [0.4, 0.5) is 0 Å². The molecule has 0 bridgehead atoms. The van der Waals surface area contributed by atoms with E-state index >= 15 is 0 Å². The van der Waals surface area contributed by atoms with Gasteiger partial charge in [-0.15, -0.1) is 0 Å². The number of Topliss-reactive ketones (excluding diaryl/α,β-unsaturated/α-hetero) is 1. The molecular weight excluding hydrogens is 536 g/mol. The third kappa shape index (κ3) is 8.17. The Hall–Kier alpha value is -3.46. The lowest BCUT2D eigenvalue weighted by Gasteiger charge is -2.31. The van der Waals surface area contributed by atoms with Crippen molar-refractivity contribution in [2.45, 2.75) is 104 Å². The molecule has 0 amide bonds. The predicted octanol–water partition coefficient (Wildman–Crippen LogP) is 10.6. The standard InChI is InChI=1S/C41H52N2O/c1-5-31(6-2)27-41(44)36-12-8-24-43(25-9-13-36)40-22-23-42-29-38-21-20-37(28-39(38)40)35-18-16-34(17-19-35)33-11-7-10-32(14-15-33)26-30(3)4/h5,10,12,16-20,22-23,28-30,33H,6-9,11,13-15,21,24-27H2,1-4H3/b31-5+,36-12-. The van der Waals surface area contributed by atoms with Crippen molar-refractivity contribution in [3.05, 3.63) is 112 Å². The molecule has 3 heteroatoms. The van der Waals surface area contributed by atoms with Crippen molar-refractivity contribution in [1.29, 1.82) is 0 Å². The van der Waals surface area contributed by atoms with Gasteiger partial charge < -0.3 is 4.90 Å². The Labute approximate surface area is 266 Å². The number of ketones is 1. The first kappa shape index (κ1) is 31.9. The van der Waals surface area contributed by atoms with Crippen molar-refractivity contribution < 1.29 is 4.79 Å². The van der Waals surface area contributed by atoms with Crippen molar-refractivity contribution in [1.82, 2.24) is 4.90 Å². The third-order valence-electron chi connectivity index (χ3n) is 9.77. The first-order valence-corrected chi connectivity index (χ1v) is 17.2. The lowest BCUT2D eigenvalue weighted by Crippen LogP contribution is -2.28. The van der Waals surface area contributed by atoms with Crippen LogP contribution in [0.25, 0.3) is 5.57 Å². The van der Waals surface area contributed by atoms with Crippen LogP contribution >= 0.6 is 0 Å². The van der Waals surface area contributed by atoms with Gasteiger partial charge >= 0.3 is 0 Å². The molecule has 44 heavy (non-hydrogen) atoms. The second-order valence-corrected chi connectivity index (χ2v) is 13.3. The van der Waals surface area contributed by atoms with Gasteiger partial charge in [-0.25, -0.2) is 0 Å². The summed E-state index contributed by atoms with van der Waals surface area (Å²) in [4.78, 5) is 20.1. The normalized spacial score (nSPS) is 22.6. The highest BCUT2D eigenvalue weighted by Gasteiger charge is 2.23. The van der Waals surface area contributed by atoms with Crippen LogP contribution in [0.2, 0.25) is 0 Å². The molecule has 1 aromatic carbocycles. The van der Waals surface area contributed by atoms with E-state index in [2.05, 4.69) is 91.4 Å². The molecule has 232 valence electrons. The van der Waals surface area contributed by atoms with Crippen LogP contribution in [0, 0.1) is 5.92 Å². The number of carbonyl (C=O) groups excluding carboxylic acids is 1. The van der Waals surface area contributed by atoms with Gasteiger partial charge in [0.05, 0.1) is 0 Å². The van der Waals surface area contributed by atoms with E-state index in [1.54, 1.807) is 5.57 Å². The van der Waals surface area contributed by atoms with Gasteiger partial charge in [-0.05, 0) is 123 Å². The van der Waals surface area contributed by atoms with Crippen LogP contribution in [-0.2, 0) is 4.79 Å². The lowest BCUT2D eigenvalue weighted by atomic mass is 9.86. The van der Waals surface area contributed by atoms with E-state index in [-0.39, 0.29) is 0 Å². The first-order valence-electron chi connectivity index (χ1n) is 17.2. The molecule has 2 aliphatic heterocycles. The summed E-state index contributed by atoms with van der Waals surface area (Å²) in [6.07, 6.45) is 29.1. The molecule has 0 N–H and O–H groups in total. The van der Waals surface area contributed by atoms with Crippen molar-refractivity contribution in [2.75, 3.05) is 13.1 Å². The molecular formula is C41H52N2O. The largest absolute Gasteiger partial charge is 0.371 e. The number of hydrogen-bond acceptors (Lipinski definition) is 3. The number of nitrogens with zero attached hydrogens (tertiary/aromatic N) is 2. The summed E-state index contributed by atoms with van der Waals surface area (Å²) < 4.78 is 0. The minimum absolute atomic E-state index is 0.307. The highest BCUT2D eigenvalue weighted by atomic mass is 16.1. The highest BCUT2D eigenvalue weighted by molar-refractivity contribution is 5.96. The van der Waals surface area contributed by atoms with Crippen LogP contribution in [0.5, 0.6) is 0 Å². The molecule has 3 nitrogen and oxygen atoms in total. The zero-order valence-corrected chi connectivity index (χ0v) is 27.6. The maximum atomic E-state index is 13.0. The summed E-state index contributed by atoms with van der Waals surface area (Å²) in [6, 6.07) is 9.45. The van der Waals surface area contributed by atoms with Crippen LogP contribution in [0.1, 0.15) is 115 Å². The molecule has 2 aliphatic carbocycles. The van der Waals surface area contributed by atoms with E-state index in [4.69, 9.17) is 0 Å². The monoisotopic (exact) mass is 588 g/mol. The summed E-state index contributed by atoms with van der Waals surface area (Å²) in [7, 11) is 0. The van der Waals surface area contributed by atoms with Crippen LogP contribution in [-0.4, -0.2) is 30.0 Å². The van der Waals surface area contributed by atoms with Crippen molar-refractivity contribution in [3.63, 3.8) is 0 Å². The van der Waals surface area contributed by atoms with Gasteiger partial charge in [0.1, 0.15) is 0 Å². The van der Waals surface area contributed by atoms with E-state index < -0.39 is 0 Å². The van der Waals surface area contributed by atoms with Crippen LogP contribution in [0.15, 0.2) is 105 Å². The number of aliphatic imine (C=N–C) groups is 1. The quantitative estimate of drug-likeness (QED) is 0.269. The third-order valence-corrected chi connectivity index (χ3v) is 9.77. The molecule has 0 fully saturated rings. The average molecular weight is 589 g/mol. The van der Waals surface area contributed by atoms with Crippen molar-refractivity contribution in [2.24, 2.45) is 10.9 Å². The highest BCUT2D eigenvalue weighted by Crippen LogP contribution is 2.38. The zero-order valence-electron chi connectivity index (χ0n) is 27.6. The Morgan fingerprint density at radius 2 is 1.89 bits per heavy atom. The summed E-state index contributed by atoms with van der Waals surface area (Å²) in [6.45, 7) is 10.7. The molecule has 1 unspecified atom stereocenters. The number of benzene rings is 1.